The molecule has 0 unspecified atom stereocenters. The molecule has 2 N–H and O–H groups in total. The van der Waals surface area contributed by atoms with Crippen LogP contribution >= 0.6 is 0 Å². The van der Waals surface area contributed by atoms with E-state index >= 15 is 0 Å². The Morgan fingerprint density at radius 1 is 0.867 bits per heavy atom. The Hall–Kier alpha value is -2.94. The number of benzene rings is 2. The van der Waals surface area contributed by atoms with Crippen molar-refractivity contribution in [2.75, 3.05) is 19.5 Å². The van der Waals surface area contributed by atoms with E-state index in [1.54, 1.807) is 6.07 Å². The molecule has 2 aromatic rings. The number of ether oxygens (including phenoxy) is 2. The highest BCUT2D eigenvalue weighted by molar-refractivity contribution is 7.85. The second kappa shape index (κ2) is 9.71. The molecule has 2 rings (SSSR count). The Bertz CT molecular complexity index is 954. The van der Waals surface area contributed by atoms with Crippen molar-refractivity contribution in [2.45, 2.75) is 39.5 Å². The first-order chi connectivity index (χ1) is 14.1. The van der Waals surface area contributed by atoms with Gasteiger partial charge in [0.2, 0.25) is 5.75 Å². The largest absolute Gasteiger partial charge is 0.493 e. The lowest BCUT2D eigenvalue weighted by Crippen LogP contribution is -2.37. The summed E-state index contributed by atoms with van der Waals surface area (Å²) in [6.45, 7) is 7.99. The number of carbonyl (C=O) groups is 1. The minimum Gasteiger partial charge on any atom is -0.493 e. The third-order valence-electron chi connectivity index (χ3n) is 4.40. The van der Waals surface area contributed by atoms with Gasteiger partial charge in [0, 0.05) is 5.69 Å². The number of methoxy groups -OCH3 is 2. The zero-order valence-corrected chi connectivity index (χ0v) is 18.8. The van der Waals surface area contributed by atoms with Crippen molar-refractivity contribution < 1.29 is 26.9 Å². The van der Waals surface area contributed by atoms with Crippen molar-refractivity contribution in [3.63, 3.8) is 0 Å². The molecule has 0 saturated heterocycles. The first-order valence-electron chi connectivity index (χ1n) is 9.46. The highest BCUT2D eigenvalue weighted by atomic mass is 32.2. The molecule has 0 aliphatic carbocycles. The summed E-state index contributed by atoms with van der Waals surface area (Å²) < 4.78 is 42.1. The molecule has 30 heavy (non-hydrogen) atoms. The van der Waals surface area contributed by atoms with Gasteiger partial charge in [0.05, 0.1) is 14.2 Å². The summed E-state index contributed by atoms with van der Waals surface area (Å²) in [5, 5.41) is 2.67. The minimum absolute atomic E-state index is 0.129. The molecule has 0 saturated carbocycles. The first-order valence-corrected chi connectivity index (χ1v) is 10.9. The van der Waals surface area contributed by atoms with E-state index in [1.807, 2.05) is 50.6 Å². The van der Waals surface area contributed by atoms with Crippen LogP contribution in [0.25, 0.3) is 0 Å². The normalized spacial score (nSPS) is 11.3. The lowest BCUT2D eigenvalue weighted by atomic mass is 9.93. The molecular weight excluding hydrogens is 408 g/mol. The Labute approximate surface area is 177 Å². The highest BCUT2D eigenvalue weighted by Crippen LogP contribution is 2.37. The molecular formula is C21H28N2O6S. The Morgan fingerprint density at radius 3 is 1.77 bits per heavy atom. The minimum atomic E-state index is -4.51. The van der Waals surface area contributed by atoms with E-state index < -0.39 is 16.3 Å². The van der Waals surface area contributed by atoms with E-state index in [9.17, 15) is 13.2 Å². The number of urea groups is 1. The van der Waals surface area contributed by atoms with Gasteiger partial charge in [-0.2, -0.15) is 8.42 Å². The summed E-state index contributed by atoms with van der Waals surface area (Å²) in [5.74, 6) is 0.391. The van der Waals surface area contributed by atoms with Crippen molar-refractivity contribution >= 4 is 22.0 Å². The molecule has 0 aromatic heterocycles. The third-order valence-corrected chi connectivity index (χ3v) is 5.23. The van der Waals surface area contributed by atoms with Gasteiger partial charge in [-0.25, -0.2) is 9.52 Å². The second-order valence-corrected chi connectivity index (χ2v) is 8.49. The van der Waals surface area contributed by atoms with Gasteiger partial charge in [0.1, 0.15) is 0 Å². The number of carbonyl (C=O) groups excluding carboxylic acids is 1. The Kier molecular flexibility index (Phi) is 7.55. The number of amides is 2. The van der Waals surface area contributed by atoms with Crippen LogP contribution in [0.1, 0.15) is 50.7 Å². The predicted octanol–water partition coefficient (Wildman–Crippen LogP) is 4.40. The quantitative estimate of drug-likeness (QED) is 0.636. The average molecular weight is 437 g/mol. The molecule has 0 radical (unpaired) electrons. The zero-order valence-electron chi connectivity index (χ0n) is 18.0. The number of hydrogen-bond acceptors (Lipinski definition) is 6. The smallest absolute Gasteiger partial charge is 0.411 e. The second-order valence-electron chi connectivity index (χ2n) is 7.21. The van der Waals surface area contributed by atoms with Gasteiger partial charge >= 0.3 is 16.3 Å². The number of hydrogen-bond donors (Lipinski definition) is 2. The molecule has 8 nitrogen and oxygen atoms in total. The van der Waals surface area contributed by atoms with Crippen LogP contribution in [0, 0.1) is 0 Å². The SMILES string of the molecule is COc1cccc(OC)c1OS(=O)(=O)NC(=O)Nc1c(C(C)C)cccc1C(C)C. The van der Waals surface area contributed by atoms with Crippen LogP contribution in [-0.4, -0.2) is 28.7 Å². The van der Waals surface area contributed by atoms with Gasteiger partial charge in [-0.1, -0.05) is 52.0 Å². The van der Waals surface area contributed by atoms with Gasteiger partial charge < -0.3 is 19.0 Å². The maximum atomic E-state index is 12.5. The molecule has 0 heterocycles. The van der Waals surface area contributed by atoms with Gasteiger partial charge in [-0.3, -0.25) is 0 Å². The fraction of sp³-hybridized carbons (Fsp3) is 0.381. The van der Waals surface area contributed by atoms with Crippen LogP contribution in [0.5, 0.6) is 17.2 Å². The monoisotopic (exact) mass is 436 g/mol. The molecule has 0 bridgehead atoms. The Balaban J connectivity index is 2.28. The van der Waals surface area contributed by atoms with E-state index in [1.165, 1.54) is 26.4 Å². The molecule has 0 aliphatic rings. The summed E-state index contributed by atoms with van der Waals surface area (Å²) >= 11 is 0. The maximum Gasteiger partial charge on any atom is 0.411 e. The molecule has 164 valence electrons. The molecule has 2 amide bonds. The molecule has 0 atom stereocenters. The summed E-state index contributed by atoms with van der Waals surface area (Å²) in [4.78, 5) is 12.5. The molecule has 2 aromatic carbocycles. The fourth-order valence-electron chi connectivity index (χ4n) is 2.98. The summed E-state index contributed by atoms with van der Waals surface area (Å²) in [5.41, 5.74) is 2.40. The van der Waals surface area contributed by atoms with E-state index in [0.29, 0.717) is 5.69 Å². The Morgan fingerprint density at radius 2 is 1.33 bits per heavy atom. The number of rotatable bonds is 8. The van der Waals surface area contributed by atoms with Crippen molar-refractivity contribution in [1.82, 2.24) is 4.72 Å². The number of anilines is 1. The molecule has 0 spiro atoms. The lowest BCUT2D eigenvalue weighted by Gasteiger charge is -2.20. The predicted molar refractivity (Wildman–Crippen MR) is 116 cm³/mol. The van der Waals surface area contributed by atoms with Crippen LogP contribution in [0.3, 0.4) is 0 Å². The topological polar surface area (TPSA) is 103 Å². The van der Waals surface area contributed by atoms with E-state index in [-0.39, 0.29) is 29.1 Å². The number of nitrogens with one attached hydrogen (secondary N) is 2. The third kappa shape index (κ3) is 5.56. The van der Waals surface area contributed by atoms with Crippen LogP contribution in [0.4, 0.5) is 10.5 Å². The molecule has 9 heteroatoms. The van der Waals surface area contributed by atoms with Crippen molar-refractivity contribution in [3.8, 4) is 17.2 Å². The first kappa shape index (κ1) is 23.3. The fourth-order valence-corrected chi connectivity index (χ4v) is 3.68. The van der Waals surface area contributed by atoms with E-state index in [2.05, 4.69) is 5.32 Å². The van der Waals surface area contributed by atoms with Crippen LogP contribution in [0.2, 0.25) is 0 Å². The van der Waals surface area contributed by atoms with Gasteiger partial charge in [0.15, 0.2) is 11.5 Å². The molecule has 0 aliphatic heterocycles. The molecule has 0 fully saturated rings. The summed E-state index contributed by atoms with van der Waals surface area (Å²) in [6, 6.07) is 9.43. The van der Waals surface area contributed by atoms with Crippen molar-refractivity contribution in [3.05, 3.63) is 47.5 Å². The van der Waals surface area contributed by atoms with Crippen molar-refractivity contribution in [2.24, 2.45) is 0 Å². The number of para-hydroxylation sites is 2. The van der Waals surface area contributed by atoms with E-state index in [0.717, 1.165) is 11.1 Å². The van der Waals surface area contributed by atoms with Crippen LogP contribution < -0.4 is 23.7 Å². The zero-order chi connectivity index (χ0) is 22.5. The van der Waals surface area contributed by atoms with Gasteiger partial charge in [0.25, 0.3) is 0 Å². The summed E-state index contributed by atoms with van der Waals surface area (Å²) in [7, 11) is -1.78. The lowest BCUT2D eigenvalue weighted by molar-refractivity contribution is 0.255. The average Bonchev–Trinajstić information content (AvgIpc) is 2.66. The van der Waals surface area contributed by atoms with Gasteiger partial charge in [-0.05, 0) is 35.1 Å². The van der Waals surface area contributed by atoms with E-state index in [4.69, 9.17) is 13.7 Å². The van der Waals surface area contributed by atoms with Crippen molar-refractivity contribution in [1.29, 1.82) is 0 Å². The maximum absolute atomic E-state index is 12.5. The van der Waals surface area contributed by atoms with Gasteiger partial charge in [-0.15, -0.1) is 0 Å². The highest BCUT2D eigenvalue weighted by Gasteiger charge is 2.24. The van der Waals surface area contributed by atoms with Crippen LogP contribution in [-0.2, 0) is 10.3 Å². The van der Waals surface area contributed by atoms with Crippen LogP contribution in [0.15, 0.2) is 36.4 Å². The summed E-state index contributed by atoms with van der Waals surface area (Å²) in [6.07, 6.45) is 0. The standard InChI is InChI=1S/C21H28N2O6S/c1-13(2)15-9-7-10-16(14(3)4)19(15)22-21(24)23-30(25,26)29-20-17(27-5)11-8-12-18(20)28-6/h7-14H,1-6H3,(H2,22,23,24).